The number of benzene rings is 2. The van der Waals surface area contributed by atoms with E-state index >= 15 is 0 Å². The minimum atomic E-state index is 0.306. The normalized spacial score (nSPS) is 10.3. The molecule has 0 aliphatic carbocycles. The number of nitriles is 2. The van der Waals surface area contributed by atoms with Crippen LogP contribution < -0.4 is 4.74 Å². The number of unbranched alkanes of at least 4 members (excludes halogenated alkanes) is 5. The lowest BCUT2D eigenvalue weighted by Crippen LogP contribution is -2.02. The van der Waals surface area contributed by atoms with Crippen LogP contribution in [0.4, 0.5) is 0 Å². The second-order valence-corrected chi connectivity index (χ2v) is 7.52. The van der Waals surface area contributed by atoms with Crippen molar-refractivity contribution in [2.24, 2.45) is 0 Å². The Hall–Kier alpha value is -2.49. The van der Waals surface area contributed by atoms with Crippen molar-refractivity contribution in [3.63, 3.8) is 0 Å². The second kappa shape index (κ2) is 11.4. The smallest absolute Gasteiger partial charge is 0.122 e. The maximum Gasteiger partial charge on any atom is 0.122 e. The first-order valence-electron chi connectivity index (χ1n) is 9.94. The number of halogens is 1. The van der Waals surface area contributed by atoms with Crippen LogP contribution in [-0.4, -0.2) is 6.61 Å². The lowest BCUT2D eigenvalue weighted by molar-refractivity contribution is 0.302. The van der Waals surface area contributed by atoms with Gasteiger partial charge >= 0.3 is 0 Å². The Labute approximate surface area is 173 Å². The summed E-state index contributed by atoms with van der Waals surface area (Å²) in [6.45, 7) is 4.97. The molecule has 2 rings (SSSR count). The predicted molar refractivity (Wildman–Crippen MR) is 114 cm³/mol. The molecule has 0 N–H and O–H groups in total. The SMILES string of the molecule is CCCCCCCCOc1ccc(C)cc1Cc1cc(C#N)c(C#N)cc1Cl. The number of aryl methyl sites for hydroxylation is 1. The zero-order valence-corrected chi connectivity index (χ0v) is 17.5. The van der Waals surface area contributed by atoms with E-state index < -0.39 is 0 Å². The van der Waals surface area contributed by atoms with E-state index in [1.807, 2.05) is 25.1 Å². The van der Waals surface area contributed by atoms with E-state index in [1.54, 1.807) is 12.1 Å². The van der Waals surface area contributed by atoms with Gasteiger partial charge in [0.05, 0.1) is 17.7 Å². The second-order valence-electron chi connectivity index (χ2n) is 7.12. The highest BCUT2D eigenvalue weighted by Crippen LogP contribution is 2.28. The minimum absolute atomic E-state index is 0.306. The molecule has 0 aromatic heterocycles. The first-order chi connectivity index (χ1) is 13.6. The number of hydrogen-bond donors (Lipinski definition) is 0. The van der Waals surface area contributed by atoms with E-state index in [9.17, 15) is 5.26 Å². The van der Waals surface area contributed by atoms with Crippen molar-refractivity contribution in [3.8, 4) is 17.9 Å². The third-order valence-electron chi connectivity index (χ3n) is 4.78. The molecule has 0 bridgehead atoms. The van der Waals surface area contributed by atoms with Gasteiger partial charge in [0.1, 0.15) is 17.9 Å². The Morgan fingerprint density at radius 2 is 1.57 bits per heavy atom. The fourth-order valence-corrected chi connectivity index (χ4v) is 3.43. The third-order valence-corrected chi connectivity index (χ3v) is 5.13. The quantitative estimate of drug-likeness (QED) is 0.420. The maximum atomic E-state index is 9.28. The molecule has 0 unspecified atom stereocenters. The molecule has 146 valence electrons. The molecule has 0 amide bonds. The summed E-state index contributed by atoms with van der Waals surface area (Å²) in [4.78, 5) is 0. The standard InChI is InChI=1S/C24H27ClN2O/c1-3-4-5-6-7-8-11-28-24-10-9-18(2)12-20(24)13-19-14-21(16-26)22(17-27)15-23(19)25/h9-10,12,14-15H,3-8,11,13H2,1-2H3. The Bertz CT molecular complexity index is 877. The van der Waals surface area contributed by atoms with Gasteiger partial charge in [0.25, 0.3) is 0 Å². The molecular formula is C24H27ClN2O. The minimum Gasteiger partial charge on any atom is -0.493 e. The van der Waals surface area contributed by atoms with Crippen LogP contribution in [0.1, 0.15) is 73.3 Å². The fraction of sp³-hybridized carbons (Fsp3) is 0.417. The van der Waals surface area contributed by atoms with Crippen LogP contribution in [0.2, 0.25) is 5.02 Å². The van der Waals surface area contributed by atoms with Crippen LogP contribution in [0.25, 0.3) is 0 Å². The molecule has 0 heterocycles. The lowest BCUT2D eigenvalue weighted by Gasteiger charge is -2.14. The van der Waals surface area contributed by atoms with E-state index in [0.29, 0.717) is 29.2 Å². The van der Waals surface area contributed by atoms with Gasteiger partial charge in [-0.3, -0.25) is 0 Å². The highest BCUT2D eigenvalue weighted by atomic mass is 35.5. The average molecular weight is 395 g/mol. The molecule has 2 aromatic carbocycles. The lowest BCUT2D eigenvalue weighted by atomic mass is 9.98. The van der Waals surface area contributed by atoms with Gasteiger partial charge in [-0.05, 0) is 42.7 Å². The molecule has 0 aliphatic rings. The van der Waals surface area contributed by atoms with Gasteiger partial charge in [-0.25, -0.2) is 0 Å². The van der Waals surface area contributed by atoms with Gasteiger partial charge in [0.2, 0.25) is 0 Å². The first kappa shape index (κ1) is 21.8. The van der Waals surface area contributed by atoms with Crippen molar-refractivity contribution in [1.29, 1.82) is 10.5 Å². The van der Waals surface area contributed by atoms with E-state index in [2.05, 4.69) is 19.1 Å². The molecule has 0 spiro atoms. The number of nitrogens with zero attached hydrogens (tertiary/aromatic N) is 2. The third kappa shape index (κ3) is 6.29. The molecule has 0 saturated heterocycles. The van der Waals surface area contributed by atoms with Crippen LogP contribution in [0.5, 0.6) is 5.75 Å². The summed E-state index contributed by atoms with van der Waals surface area (Å²) >= 11 is 6.37. The van der Waals surface area contributed by atoms with Crippen molar-refractivity contribution in [2.45, 2.75) is 58.8 Å². The zero-order valence-electron chi connectivity index (χ0n) is 16.7. The Morgan fingerprint density at radius 1 is 0.893 bits per heavy atom. The molecule has 0 atom stereocenters. The van der Waals surface area contributed by atoms with Crippen molar-refractivity contribution < 1.29 is 4.74 Å². The highest BCUT2D eigenvalue weighted by molar-refractivity contribution is 6.31. The maximum absolute atomic E-state index is 9.28. The summed E-state index contributed by atoms with van der Waals surface area (Å²) in [6, 6.07) is 13.5. The Balaban J connectivity index is 2.09. The van der Waals surface area contributed by atoms with Crippen molar-refractivity contribution in [1.82, 2.24) is 0 Å². The summed E-state index contributed by atoms with van der Waals surface area (Å²) < 4.78 is 6.05. The number of ether oxygens (including phenoxy) is 1. The van der Waals surface area contributed by atoms with Crippen molar-refractivity contribution in [3.05, 3.63) is 63.2 Å². The van der Waals surface area contributed by atoms with Gasteiger partial charge in [-0.2, -0.15) is 10.5 Å². The molecular weight excluding hydrogens is 368 g/mol. The van der Waals surface area contributed by atoms with E-state index in [4.69, 9.17) is 21.6 Å². The highest BCUT2D eigenvalue weighted by Gasteiger charge is 2.12. The van der Waals surface area contributed by atoms with E-state index in [1.165, 1.54) is 32.1 Å². The van der Waals surface area contributed by atoms with Gasteiger partial charge in [0, 0.05) is 11.4 Å². The molecule has 0 aliphatic heterocycles. The van der Waals surface area contributed by atoms with E-state index in [-0.39, 0.29) is 0 Å². The van der Waals surface area contributed by atoms with Gasteiger partial charge in [-0.1, -0.05) is 68.3 Å². The zero-order chi connectivity index (χ0) is 20.4. The molecule has 2 aromatic rings. The molecule has 3 nitrogen and oxygen atoms in total. The molecule has 4 heteroatoms. The van der Waals surface area contributed by atoms with Gasteiger partial charge in [-0.15, -0.1) is 0 Å². The van der Waals surface area contributed by atoms with Crippen molar-refractivity contribution in [2.75, 3.05) is 6.61 Å². The van der Waals surface area contributed by atoms with Gasteiger partial charge in [0.15, 0.2) is 0 Å². The monoisotopic (exact) mass is 394 g/mol. The van der Waals surface area contributed by atoms with Gasteiger partial charge < -0.3 is 4.74 Å². The number of rotatable bonds is 10. The van der Waals surface area contributed by atoms with Crippen molar-refractivity contribution >= 4 is 11.6 Å². The number of hydrogen-bond acceptors (Lipinski definition) is 3. The average Bonchev–Trinajstić information content (AvgIpc) is 2.69. The summed E-state index contributed by atoms with van der Waals surface area (Å²) in [7, 11) is 0. The largest absolute Gasteiger partial charge is 0.493 e. The summed E-state index contributed by atoms with van der Waals surface area (Å²) in [5.41, 5.74) is 3.67. The topological polar surface area (TPSA) is 56.8 Å². The summed E-state index contributed by atoms with van der Waals surface area (Å²) in [6.07, 6.45) is 7.92. The van der Waals surface area contributed by atoms with Crippen LogP contribution >= 0.6 is 11.6 Å². The molecule has 0 radical (unpaired) electrons. The fourth-order valence-electron chi connectivity index (χ4n) is 3.20. The van der Waals surface area contributed by atoms with Crippen LogP contribution in [-0.2, 0) is 6.42 Å². The molecule has 28 heavy (non-hydrogen) atoms. The predicted octanol–water partition coefficient (Wildman–Crippen LogP) is 6.72. The van der Waals surface area contributed by atoms with E-state index in [0.717, 1.165) is 28.9 Å². The summed E-state index contributed by atoms with van der Waals surface area (Å²) in [5, 5.41) is 18.9. The molecule has 0 saturated carbocycles. The van der Waals surface area contributed by atoms with Crippen LogP contribution in [0.15, 0.2) is 30.3 Å². The first-order valence-corrected chi connectivity index (χ1v) is 10.3. The van der Waals surface area contributed by atoms with Crippen LogP contribution in [0, 0.1) is 29.6 Å². The Kier molecular flexibility index (Phi) is 8.86. The Morgan fingerprint density at radius 3 is 2.29 bits per heavy atom. The molecule has 0 fully saturated rings. The van der Waals surface area contributed by atoms with Crippen LogP contribution in [0.3, 0.4) is 0 Å². The summed E-state index contributed by atoms with van der Waals surface area (Å²) in [5.74, 6) is 0.859.